The van der Waals surface area contributed by atoms with Crippen LogP contribution in [0, 0.1) is 13.8 Å². The number of hydrogen-bond donors (Lipinski definition) is 1. The van der Waals surface area contributed by atoms with Crippen molar-refractivity contribution in [3.8, 4) is 0 Å². The van der Waals surface area contributed by atoms with Crippen molar-refractivity contribution in [3.63, 3.8) is 0 Å². The summed E-state index contributed by atoms with van der Waals surface area (Å²) in [5, 5.41) is 2.92. The maximum absolute atomic E-state index is 12.4. The molecule has 25 heavy (non-hydrogen) atoms. The third-order valence-corrected chi connectivity index (χ3v) is 4.41. The minimum Gasteiger partial charge on any atom is -0.373 e. The molecule has 6 heteroatoms. The number of para-hydroxylation sites is 1. The first-order valence-electron chi connectivity index (χ1n) is 8.74. The van der Waals surface area contributed by atoms with Gasteiger partial charge in [-0.1, -0.05) is 18.2 Å². The average Bonchev–Trinajstić information content (AvgIpc) is 2.50. The number of carbonyl (C=O) groups is 2. The van der Waals surface area contributed by atoms with Crippen LogP contribution in [-0.2, 0) is 14.3 Å². The van der Waals surface area contributed by atoms with Crippen LogP contribution in [0.1, 0.15) is 25.0 Å². The first-order valence-corrected chi connectivity index (χ1v) is 8.74. The molecule has 6 nitrogen and oxygen atoms in total. The quantitative estimate of drug-likeness (QED) is 0.882. The Balaban J connectivity index is 1.87. The van der Waals surface area contributed by atoms with Gasteiger partial charge in [0.2, 0.25) is 11.8 Å². The second-order valence-corrected chi connectivity index (χ2v) is 7.02. The zero-order valence-electron chi connectivity index (χ0n) is 15.8. The molecule has 2 amide bonds. The Morgan fingerprint density at radius 1 is 1.20 bits per heavy atom. The molecule has 1 aliphatic rings. The van der Waals surface area contributed by atoms with E-state index in [4.69, 9.17) is 4.74 Å². The Hall–Kier alpha value is -1.92. The molecule has 2 atom stereocenters. The standard InChI is InChI=1S/C19H29N3O3/c1-13-7-6-8-14(2)19(13)20-17(23)11-21(5)18(24)12-22-9-15(3)25-16(4)10-22/h6-8,15-16H,9-12H2,1-5H3,(H,20,23)/t15-,16-/m0/s1. The second kappa shape index (κ2) is 8.45. The average molecular weight is 347 g/mol. The van der Waals surface area contributed by atoms with Gasteiger partial charge < -0.3 is 15.0 Å². The monoisotopic (exact) mass is 347 g/mol. The number of rotatable bonds is 5. The van der Waals surface area contributed by atoms with Crippen LogP contribution in [0.5, 0.6) is 0 Å². The summed E-state index contributed by atoms with van der Waals surface area (Å²) in [6.07, 6.45) is 0.239. The van der Waals surface area contributed by atoms with E-state index in [0.29, 0.717) is 6.54 Å². The number of anilines is 1. The molecule has 2 rings (SSSR count). The van der Waals surface area contributed by atoms with Crippen molar-refractivity contribution in [2.75, 3.05) is 38.5 Å². The zero-order valence-corrected chi connectivity index (χ0v) is 15.8. The van der Waals surface area contributed by atoms with Crippen molar-refractivity contribution in [2.45, 2.75) is 39.9 Å². The van der Waals surface area contributed by atoms with Gasteiger partial charge in [-0.15, -0.1) is 0 Å². The number of hydrogen-bond acceptors (Lipinski definition) is 4. The highest BCUT2D eigenvalue weighted by Crippen LogP contribution is 2.19. The highest BCUT2D eigenvalue weighted by molar-refractivity contribution is 5.95. The van der Waals surface area contributed by atoms with Crippen molar-refractivity contribution in [3.05, 3.63) is 29.3 Å². The number of benzene rings is 1. The fraction of sp³-hybridized carbons (Fsp3) is 0.579. The molecule has 1 aromatic rings. The predicted octanol–water partition coefficient (Wildman–Crippen LogP) is 1.81. The van der Waals surface area contributed by atoms with Crippen LogP contribution >= 0.6 is 0 Å². The van der Waals surface area contributed by atoms with Gasteiger partial charge in [0.25, 0.3) is 0 Å². The van der Waals surface area contributed by atoms with Gasteiger partial charge in [0.15, 0.2) is 0 Å². The van der Waals surface area contributed by atoms with Gasteiger partial charge in [0.1, 0.15) is 0 Å². The van der Waals surface area contributed by atoms with Crippen molar-refractivity contribution in [1.29, 1.82) is 0 Å². The van der Waals surface area contributed by atoms with Crippen LogP contribution in [0.15, 0.2) is 18.2 Å². The molecule has 1 saturated heterocycles. The molecule has 0 radical (unpaired) electrons. The van der Waals surface area contributed by atoms with Crippen molar-refractivity contribution in [2.24, 2.45) is 0 Å². The number of morpholine rings is 1. The van der Waals surface area contributed by atoms with Crippen LogP contribution in [0.3, 0.4) is 0 Å². The van der Waals surface area contributed by atoms with E-state index in [1.54, 1.807) is 7.05 Å². The van der Waals surface area contributed by atoms with Gasteiger partial charge in [-0.05, 0) is 38.8 Å². The molecule has 1 heterocycles. The summed E-state index contributed by atoms with van der Waals surface area (Å²) in [6.45, 7) is 9.75. The third-order valence-electron chi connectivity index (χ3n) is 4.41. The van der Waals surface area contributed by atoms with E-state index in [0.717, 1.165) is 29.9 Å². The predicted molar refractivity (Wildman–Crippen MR) is 98.6 cm³/mol. The van der Waals surface area contributed by atoms with Crippen LogP contribution in [0.25, 0.3) is 0 Å². The number of ether oxygens (including phenoxy) is 1. The SMILES string of the molecule is Cc1cccc(C)c1NC(=O)CN(C)C(=O)CN1C[C@H](C)O[C@@H](C)C1. The van der Waals surface area contributed by atoms with E-state index < -0.39 is 0 Å². The van der Waals surface area contributed by atoms with Gasteiger partial charge in [-0.3, -0.25) is 14.5 Å². The highest BCUT2D eigenvalue weighted by Gasteiger charge is 2.25. The lowest BCUT2D eigenvalue weighted by atomic mass is 10.1. The summed E-state index contributed by atoms with van der Waals surface area (Å²) in [7, 11) is 1.67. The van der Waals surface area contributed by atoms with Gasteiger partial charge >= 0.3 is 0 Å². The van der Waals surface area contributed by atoms with E-state index in [1.165, 1.54) is 4.90 Å². The van der Waals surface area contributed by atoms with E-state index in [1.807, 2.05) is 45.9 Å². The molecular formula is C19H29N3O3. The lowest BCUT2D eigenvalue weighted by Gasteiger charge is -2.35. The number of nitrogens with zero attached hydrogens (tertiary/aromatic N) is 2. The van der Waals surface area contributed by atoms with E-state index in [-0.39, 0.29) is 30.6 Å². The minimum absolute atomic E-state index is 0.0437. The molecule has 0 aliphatic carbocycles. The third kappa shape index (κ3) is 5.54. The Morgan fingerprint density at radius 3 is 2.32 bits per heavy atom. The lowest BCUT2D eigenvalue weighted by molar-refractivity contribution is -0.137. The maximum atomic E-state index is 12.4. The van der Waals surface area contributed by atoms with Gasteiger partial charge in [0, 0.05) is 25.8 Å². The molecule has 138 valence electrons. The summed E-state index contributed by atoms with van der Waals surface area (Å²) >= 11 is 0. The fourth-order valence-corrected chi connectivity index (χ4v) is 3.22. The van der Waals surface area contributed by atoms with Crippen LogP contribution in [-0.4, -0.2) is 67.0 Å². The minimum atomic E-state index is -0.183. The summed E-state index contributed by atoms with van der Waals surface area (Å²) in [6, 6.07) is 5.87. The molecule has 0 aromatic heterocycles. The van der Waals surface area contributed by atoms with Gasteiger partial charge in [-0.2, -0.15) is 0 Å². The van der Waals surface area contributed by atoms with Gasteiger partial charge in [-0.25, -0.2) is 0 Å². The van der Waals surface area contributed by atoms with E-state index >= 15 is 0 Å². The Bertz CT molecular complexity index is 602. The fourth-order valence-electron chi connectivity index (χ4n) is 3.22. The number of aryl methyl sites for hydroxylation is 2. The van der Waals surface area contributed by atoms with Gasteiger partial charge in [0.05, 0.1) is 25.3 Å². The first-order chi connectivity index (χ1) is 11.8. The molecule has 0 unspecified atom stereocenters. The Morgan fingerprint density at radius 2 is 1.76 bits per heavy atom. The zero-order chi connectivity index (χ0) is 18.6. The highest BCUT2D eigenvalue weighted by atomic mass is 16.5. The molecular weight excluding hydrogens is 318 g/mol. The molecule has 1 fully saturated rings. The smallest absolute Gasteiger partial charge is 0.243 e. The molecule has 1 N–H and O–H groups in total. The summed E-state index contributed by atoms with van der Waals surface area (Å²) in [5.41, 5.74) is 2.85. The van der Waals surface area contributed by atoms with Crippen molar-refractivity contribution >= 4 is 17.5 Å². The van der Waals surface area contributed by atoms with Crippen molar-refractivity contribution in [1.82, 2.24) is 9.80 Å². The molecule has 0 saturated carbocycles. The Kier molecular flexibility index (Phi) is 6.56. The second-order valence-electron chi connectivity index (χ2n) is 7.02. The van der Waals surface area contributed by atoms with Crippen molar-refractivity contribution < 1.29 is 14.3 Å². The molecule has 0 spiro atoms. The topological polar surface area (TPSA) is 61.9 Å². The van der Waals surface area contributed by atoms with E-state index in [9.17, 15) is 9.59 Å². The first kappa shape index (κ1) is 19.4. The summed E-state index contributed by atoms with van der Waals surface area (Å²) in [5.74, 6) is -0.241. The van der Waals surface area contributed by atoms with Crippen LogP contribution < -0.4 is 5.32 Å². The maximum Gasteiger partial charge on any atom is 0.243 e. The lowest BCUT2D eigenvalue weighted by Crippen LogP contribution is -2.50. The number of nitrogens with one attached hydrogen (secondary N) is 1. The molecule has 0 bridgehead atoms. The van der Waals surface area contributed by atoms with E-state index in [2.05, 4.69) is 10.2 Å². The normalized spacial score (nSPS) is 21.0. The number of amides is 2. The van der Waals surface area contributed by atoms with Crippen LogP contribution in [0.4, 0.5) is 5.69 Å². The summed E-state index contributed by atoms with van der Waals surface area (Å²) < 4.78 is 5.68. The Labute approximate surface area is 150 Å². The van der Waals surface area contributed by atoms with Crippen LogP contribution in [0.2, 0.25) is 0 Å². The number of carbonyl (C=O) groups excluding carboxylic acids is 2. The molecule has 1 aromatic carbocycles. The summed E-state index contributed by atoms with van der Waals surface area (Å²) in [4.78, 5) is 28.3. The largest absolute Gasteiger partial charge is 0.373 e. The number of likely N-dealkylation sites (N-methyl/N-ethyl adjacent to an activating group) is 1. The molecule has 1 aliphatic heterocycles.